The van der Waals surface area contributed by atoms with Gasteiger partial charge in [-0.25, -0.2) is 0 Å². The minimum atomic E-state index is 0.930. The van der Waals surface area contributed by atoms with Crippen molar-refractivity contribution in [3.05, 3.63) is 28.2 Å². The van der Waals surface area contributed by atoms with E-state index in [0.717, 1.165) is 24.1 Å². The quantitative estimate of drug-likeness (QED) is 0.823. The summed E-state index contributed by atoms with van der Waals surface area (Å²) in [6.07, 6.45) is 2.74. The van der Waals surface area contributed by atoms with Gasteiger partial charge in [0.2, 0.25) is 0 Å². The molecule has 0 bridgehead atoms. The Hall–Kier alpha value is -0.580. The second-order valence-electron chi connectivity index (χ2n) is 5.52. The first-order valence-electron chi connectivity index (χ1n) is 7.63. The van der Waals surface area contributed by atoms with Crippen molar-refractivity contribution in [3.63, 3.8) is 0 Å². The van der Waals surface area contributed by atoms with E-state index < -0.39 is 0 Å². The number of likely N-dealkylation sites (N-methyl/N-ethyl adjacent to an activating group) is 1. The molecule has 0 atom stereocenters. The fourth-order valence-electron chi connectivity index (χ4n) is 2.75. The number of anilines is 1. The first-order chi connectivity index (χ1) is 9.70. The van der Waals surface area contributed by atoms with Gasteiger partial charge in [-0.15, -0.1) is 0 Å². The zero-order chi connectivity index (χ0) is 14.4. The lowest BCUT2D eigenvalue weighted by molar-refractivity contribution is 0.346. The number of likely N-dealkylation sites (tertiary alicyclic amines) is 1. The van der Waals surface area contributed by atoms with Crippen molar-refractivity contribution in [1.82, 2.24) is 10.2 Å². The van der Waals surface area contributed by atoms with Gasteiger partial charge >= 0.3 is 0 Å². The molecular weight excluding hydrogens is 314 g/mol. The highest BCUT2D eigenvalue weighted by Gasteiger charge is 2.13. The highest BCUT2D eigenvalue weighted by molar-refractivity contribution is 9.10. The van der Waals surface area contributed by atoms with Gasteiger partial charge in [0.25, 0.3) is 0 Å². The Balaban J connectivity index is 1.97. The molecule has 1 fully saturated rings. The largest absolute Gasteiger partial charge is 0.373 e. The molecule has 0 aliphatic carbocycles. The van der Waals surface area contributed by atoms with Gasteiger partial charge in [-0.1, -0.05) is 22.9 Å². The van der Waals surface area contributed by atoms with E-state index >= 15 is 0 Å². The number of halogens is 1. The van der Waals surface area contributed by atoms with Crippen molar-refractivity contribution in [2.75, 3.05) is 44.7 Å². The third-order valence-corrected chi connectivity index (χ3v) is 4.46. The molecule has 3 nitrogen and oxygen atoms in total. The average molecular weight is 340 g/mol. The molecule has 1 aromatic carbocycles. The summed E-state index contributed by atoms with van der Waals surface area (Å²) in [5, 5.41) is 3.43. The van der Waals surface area contributed by atoms with Crippen molar-refractivity contribution in [1.29, 1.82) is 0 Å². The lowest BCUT2D eigenvalue weighted by atomic mass is 10.1. The molecule has 0 amide bonds. The Morgan fingerprint density at radius 2 is 2.05 bits per heavy atom. The van der Waals surface area contributed by atoms with E-state index in [4.69, 9.17) is 0 Å². The van der Waals surface area contributed by atoms with Crippen LogP contribution in [0.5, 0.6) is 0 Å². The Kier molecular flexibility index (Phi) is 6.33. The number of benzene rings is 1. The predicted molar refractivity (Wildman–Crippen MR) is 90.5 cm³/mol. The van der Waals surface area contributed by atoms with Crippen LogP contribution < -0.4 is 10.2 Å². The maximum Gasteiger partial charge on any atom is 0.0410 e. The molecule has 20 heavy (non-hydrogen) atoms. The summed E-state index contributed by atoms with van der Waals surface area (Å²) in [6, 6.07) is 6.59. The van der Waals surface area contributed by atoms with E-state index in [1.807, 2.05) is 0 Å². The Morgan fingerprint density at radius 3 is 2.75 bits per heavy atom. The van der Waals surface area contributed by atoms with Crippen molar-refractivity contribution in [2.24, 2.45) is 0 Å². The summed E-state index contributed by atoms with van der Waals surface area (Å²) in [4.78, 5) is 4.96. The van der Waals surface area contributed by atoms with Crippen LogP contribution in [-0.4, -0.2) is 44.7 Å². The van der Waals surface area contributed by atoms with Crippen LogP contribution in [0.25, 0.3) is 0 Å². The molecule has 2 rings (SSSR count). The molecule has 0 aromatic heterocycles. The van der Waals surface area contributed by atoms with Gasteiger partial charge in [0, 0.05) is 36.8 Å². The fourth-order valence-corrected chi connectivity index (χ4v) is 3.15. The molecule has 1 saturated heterocycles. The van der Waals surface area contributed by atoms with Crippen LogP contribution in [0.2, 0.25) is 0 Å². The zero-order valence-electron chi connectivity index (χ0n) is 12.7. The third kappa shape index (κ3) is 4.47. The monoisotopic (exact) mass is 339 g/mol. The minimum absolute atomic E-state index is 0.930. The van der Waals surface area contributed by atoms with Gasteiger partial charge in [0.15, 0.2) is 0 Å². The molecule has 0 unspecified atom stereocenters. The molecule has 0 spiro atoms. The van der Waals surface area contributed by atoms with Gasteiger partial charge in [0.05, 0.1) is 0 Å². The summed E-state index contributed by atoms with van der Waals surface area (Å²) < 4.78 is 1.15. The molecule has 1 aliphatic heterocycles. The van der Waals surface area contributed by atoms with E-state index in [0.29, 0.717) is 0 Å². The first kappa shape index (κ1) is 15.8. The molecule has 1 heterocycles. The smallest absolute Gasteiger partial charge is 0.0410 e. The van der Waals surface area contributed by atoms with Crippen molar-refractivity contribution in [3.8, 4) is 0 Å². The van der Waals surface area contributed by atoms with Crippen LogP contribution in [0.1, 0.15) is 25.3 Å². The van der Waals surface area contributed by atoms with Crippen LogP contribution >= 0.6 is 15.9 Å². The van der Waals surface area contributed by atoms with Crippen molar-refractivity contribution in [2.45, 2.75) is 26.3 Å². The van der Waals surface area contributed by atoms with Crippen LogP contribution in [0, 0.1) is 0 Å². The number of hydrogen-bond donors (Lipinski definition) is 1. The molecule has 1 aliphatic rings. The number of nitrogens with zero attached hydrogens (tertiary/aromatic N) is 2. The summed E-state index contributed by atoms with van der Waals surface area (Å²) in [6.45, 7) is 8.91. The second-order valence-corrected chi connectivity index (χ2v) is 6.44. The molecule has 1 N–H and O–H groups in total. The van der Waals surface area contributed by atoms with E-state index in [-0.39, 0.29) is 0 Å². The highest BCUT2D eigenvalue weighted by Crippen LogP contribution is 2.24. The number of nitrogens with one attached hydrogen (secondary N) is 1. The van der Waals surface area contributed by atoms with Crippen LogP contribution in [0.4, 0.5) is 5.69 Å². The van der Waals surface area contributed by atoms with Crippen molar-refractivity contribution < 1.29 is 0 Å². The maximum absolute atomic E-state index is 3.58. The lowest BCUT2D eigenvalue weighted by Crippen LogP contribution is -2.32. The summed E-state index contributed by atoms with van der Waals surface area (Å²) in [5.41, 5.74) is 2.71. The lowest BCUT2D eigenvalue weighted by Gasteiger charge is -2.25. The summed E-state index contributed by atoms with van der Waals surface area (Å²) in [5.74, 6) is 0. The Labute approximate surface area is 131 Å². The van der Waals surface area contributed by atoms with Gasteiger partial charge in [0.1, 0.15) is 0 Å². The van der Waals surface area contributed by atoms with Crippen molar-refractivity contribution >= 4 is 21.6 Å². The molecule has 112 valence electrons. The minimum Gasteiger partial charge on any atom is -0.373 e. The van der Waals surface area contributed by atoms with Crippen LogP contribution in [0.3, 0.4) is 0 Å². The Morgan fingerprint density at radius 1 is 1.30 bits per heavy atom. The molecule has 4 heteroatoms. The highest BCUT2D eigenvalue weighted by atomic mass is 79.9. The van der Waals surface area contributed by atoms with E-state index in [1.54, 1.807) is 0 Å². The van der Waals surface area contributed by atoms with E-state index in [9.17, 15) is 0 Å². The number of hydrogen-bond acceptors (Lipinski definition) is 3. The predicted octanol–water partition coefficient (Wildman–Crippen LogP) is 3.09. The van der Waals surface area contributed by atoms with Gasteiger partial charge in [-0.05, 0) is 56.2 Å². The molecular formula is C16H26BrN3. The second kappa shape index (κ2) is 8.01. The summed E-state index contributed by atoms with van der Waals surface area (Å²) in [7, 11) is 2.20. The molecule has 1 aromatic rings. The number of rotatable bonds is 7. The molecule has 0 saturated carbocycles. The Bertz CT molecular complexity index is 416. The molecule has 0 radical (unpaired) electrons. The standard InChI is InChI=1S/C16H26BrN3/c1-3-18-13-14-12-15(17)6-7-16(14)19(2)10-11-20-8-4-5-9-20/h6-7,12,18H,3-5,8-11,13H2,1-2H3. The average Bonchev–Trinajstić information content (AvgIpc) is 2.96. The van der Waals surface area contributed by atoms with Gasteiger partial charge in [-0.3, -0.25) is 0 Å². The fraction of sp³-hybridized carbons (Fsp3) is 0.625. The first-order valence-corrected chi connectivity index (χ1v) is 8.42. The maximum atomic E-state index is 3.58. The summed E-state index contributed by atoms with van der Waals surface area (Å²) >= 11 is 3.58. The van der Waals surface area contributed by atoms with E-state index in [1.165, 1.54) is 43.7 Å². The van der Waals surface area contributed by atoms with Crippen LogP contribution in [-0.2, 0) is 6.54 Å². The zero-order valence-corrected chi connectivity index (χ0v) is 14.2. The SMILES string of the molecule is CCNCc1cc(Br)ccc1N(C)CCN1CCCC1. The topological polar surface area (TPSA) is 18.5 Å². The van der Waals surface area contributed by atoms with Gasteiger partial charge < -0.3 is 15.1 Å². The normalized spacial score (nSPS) is 15.8. The van der Waals surface area contributed by atoms with E-state index in [2.05, 4.69) is 63.2 Å². The third-order valence-electron chi connectivity index (χ3n) is 3.97. The van der Waals surface area contributed by atoms with Crippen LogP contribution in [0.15, 0.2) is 22.7 Å². The van der Waals surface area contributed by atoms with Gasteiger partial charge in [-0.2, -0.15) is 0 Å².